The Labute approximate surface area is 93.9 Å². The average molecular weight is 220 g/mol. The van der Waals surface area contributed by atoms with Crippen LogP contribution in [0.1, 0.15) is 12.8 Å². The van der Waals surface area contributed by atoms with Gasteiger partial charge in [0.2, 0.25) is 0 Å². The summed E-state index contributed by atoms with van der Waals surface area (Å²) in [5.41, 5.74) is -0.126. The molecule has 4 rings (SSSR count). The molecular weight excluding hydrogens is 204 g/mol. The van der Waals surface area contributed by atoms with Gasteiger partial charge in [-0.2, -0.15) is 0 Å². The highest BCUT2D eigenvalue weighted by atomic mass is 16.1. The Hall–Kier alpha value is -1.36. The molecule has 0 amide bonds. The molecule has 0 radical (unpaired) electrons. The molecule has 3 fully saturated rings. The van der Waals surface area contributed by atoms with Crippen molar-refractivity contribution >= 4 is 5.82 Å². The zero-order valence-electron chi connectivity index (χ0n) is 9.15. The second kappa shape index (κ2) is 3.90. The Morgan fingerprint density at radius 1 is 1.44 bits per heavy atom. The van der Waals surface area contributed by atoms with E-state index in [1.165, 1.54) is 25.9 Å². The molecule has 1 aromatic rings. The van der Waals surface area contributed by atoms with Crippen molar-refractivity contribution in [2.45, 2.75) is 18.9 Å². The maximum Gasteiger partial charge on any atom is 0.290 e. The number of rotatable bonds is 2. The molecule has 0 aliphatic carbocycles. The van der Waals surface area contributed by atoms with Gasteiger partial charge in [-0.3, -0.25) is 4.79 Å². The second-order valence-corrected chi connectivity index (χ2v) is 4.66. The van der Waals surface area contributed by atoms with E-state index in [-0.39, 0.29) is 5.56 Å². The third-order valence-corrected chi connectivity index (χ3v) is 3.69. The monoisotopic (exact) mass is 220 g/mol. The van der Waals surface area contributed by atoms with Crippen molar-refractivity contribution in [2.75, 3.05) is 25.0 Å². The van der Waals surface area contributed by atoms with Crippen molar-refractivity contribution in [2.24, 2.45) is 5.92 Å². The van der Waals surface area contributed by atoms with E-state index in [9.17, 15) is 4.79 Å². The molecule has 4 heterocycles. The van der Waals surface area contributed by atoms with Gasteiger partial charge in [0, 0.05) is 25.0 Å². The van der Waals surface area contributed by atoms with E-state index < -0.39 is 0 Å². The van der Waals surface area contributed by atoms with Crippen LogP contribution in [0.3, 0.4) is 0 Å². The maximum absolute atomic E-state index is 11.5. The summed E-state index contributed by atoms with van der Waals surface area (Å²) < 4.78 is 0. The van der Waals surface area contributed by atoms with E-state index in [1.807, 2.05) is 0 Å². The fraction of sp³-hybridized carbons (Fsp3) is 0.636. The highest BCUT2D eigenvalue weighted by Crippen LogP contribution is 2.28. The van der Waals surface area contributed by atoms with E-state index in [1.54, 1.807) is 12.4 Å². The number of H-pyrrole nitrogens is 1. The van der Waals surface area contributed by atoms with Crippen molar-refractivity contribution in [3.05, 3.63) is 22.7 Å². The smallest absolute Gasteiger partial charge is 0.290 e. The van der Waals surface area contributed by atoms with Crippen LogP contribution in [0, 0.1) is 5.92 Å². The molecule has 0 spiro atoms. The number of fused-ring (bicyclic) bond motifs is 3. The summed E-state index contributed by atoms with van der Waals surface area (Å²) in [6.45, 7) is 3.46. The first-order chi connectivity index (χ1) is 7.83. The number of piperidine rings is 3. The van der Waals surface area contributed by atoms with Gasteiger partial charge in [0.1, 0.15) is 0 Å². The van der Waals surface area contributed by atoms with Crippen molar-refractivity contribution in [1.29, 1.82) is 0 Å². The lowest BCUT2D eigenvalue weighted by molar-refractivity contribution is 0.0973. The Morgan fingerprint density at radius 2 is 2.25 bits per heavy atom. The third-order valence-electron chi connectivity index (χ3n) is 3.69. The molecule has 0 saturated carbocycles. The minimum Gasteiger partial charge on any atom is -0.361 e. The first-order valence-electron chi connectivity index (χ1n) is 5.85. The predicted octanol–water partition coefficient (Wildman–Crippen LogP) is 0.276. The van der Waals surface area contributed by atoms with Crippen LogP contribution < -0.4 is 10.9 Å². The number of aromatic nitrogens is 2. The average Bonchev–Trinajstić information content (AvgIpc) is 2.34. The van der Waals surface area contributed by atoms with E-state index in [4.69, 9.17) is 0 Å². The van der Waals surface area contributed by atoms with Crippen molar-refractivity contribution in [3.63, 3.8) is 0 Å². The van der Waals surface area contributed by atoms with Crippen LogP contribution in [-0.2, 0) is 0 Å². The molecule has 2 bridgehead atoms. The van der Waals surface area contributed by atoms with Crippen LogP contribution in [-0.4, -0.2) is 40.5 Å². The fourth-order valence-electron chi connectivity index (χ4n) is 2.76. The molecule has 1 atom stereocenters. The van der Waals surface area contributed by atoms with E-state index in [2.05, 4.69) is 20.2 Å². The van der Waals surface area contributed by atoms with Gasteiger partial charge in [0.25, 0.3) is 5.56 Å². The highest BCUT2D eigenvalue weighted by Gasteiger charge is 2.34. The van der Waals surface area contributed by atoms with Gasteiger partial charge in [-0.15, -0.1) is 0 Å². The molecule has 86 valence electrons. The normalized spacial score (nSPS) is 32.6. The molecule has 1 unspecified atom stereocenters. The number of hydrogen-bond donors (Lipinski definition) is 2. The van der Waals surface area contributed by atoms with E-state index >= 15 is 0 Å². The number of hydrogen-bond acceptors (Lipinski definition) is 4. The van der Waals surface area contributed by atoms with E-state index in [0.717, 1.165) is 6.54 Å². The largest absolute Gasteiger partial charge is 0.361 e. The third kappa shape index (κ3) is 1.71. The van der Waals surface area contributed by atoms with Crippen LogP contribution in [0.5, 0.6) is 0 Å². The lowest BCUT2D eigenvalue weighted by Gasteiger charge is -2.44. The summed E-state index contributed by atoms with van der Waals surface area (Å²) in [6.07, 6.45) is 5.65. The lowest BCUT2D eigenvalue weighted by Crippen LogP contribution is -2.53. The quantitative estimate of drug-likeness (QED) is 0.751. The zero-order chi connectivity index (χ0) is 11.0. The topological polar surface area (TPSA) is 61.0 Å². The summed E-state index contributed by atoms with van der Waals surface area (Å²) in [7, 11) is 0. The number of nitrogens with zero attached hydrogens (tertiary/aromatic N) is 2. The molecule has 5 nitrogen and oxygen atoms in total. The molecule has 0 aromatic carbocycles. The summed E-state index contributed by atoms with van der Waals surface area (Å²) in [5, 5.41) is 3.28. The summed E-state index contributed by atoms with van der Waals surface area (Å²) >= 11 is 0. The SMILES string of the molecule is O=c1[nH]ccnc1NC1CN2CCC1CC2. The first-order valence-corrected chi connectivity index (χ1v) is 5.85. The summed E-state index contributed by atoms with van der Waals surface area (Å²) in [5.74, 6) is 1.16. The Kier molecular flexibility index (Phi) is 2.40. The molecule has 16 heavy (non-hydrogen) atoms. The molecule has 5 heteroatoms. The van der Waals surface area contributed by atoms with Gasteiger partial charge in [-0.25, -0.2) is 4.98 Å². The Morgan fingerprint density at radius 3 is 2.88 bits per heavy atom. The number of aromatic amines is 1. The minimum atomic E-state index is -0.126. The van der Waals surface area contributed by atoms with Crippen LogP contribution in [0.25, 0.3) is 0 Å². The second-order valence-electron chi connectivity index (χ2n) is 4.66. The summed E-state index contributed by atoms with van der Waals surface area (Å²) in [6, 6.07) is 0.387. The van der Waals surface area contributed by atoms with Gasteiger partial charge < -0.3 is 15.2 Å². The van der Waals surface area contributed by atoms with Gasteiger partial charge >= 0.3 is 0 Å². The van der Waals surface area contributed by atoms with Gasteiger partial charge in [-0.1, -0.05) is 0 Å². The zero-order valence-corrected chi connectivity index (χ0v) is 9.15. The Balaban J connectivity index is 1.76. The predicted molar refractivity (Wildman–Crippen MR) is 61.4 cm³/mol. The molecule has 3 aliphatic heterocycles. The molecule has 3 saturated heterocycles. The van der Waals surface area contributed by atoms with Crippen LogP contribution in [0.4, 0.5) is 5.82 Å². The molecule has 1 aromatic heterocycles. The number of anilines is 1. The molecular formula is C11H16N4O. The highest BCUT2D eigenvalue weighted by molar-refractivity contribution is 5.32. The molecule has 3 aliphatic rings. The van der Waals surface area contributed by atoms with Gasteiger partial charge in [0.05, 0.1) is 0 Å². The van der Waals surface area contributed by atoms with Gasteiger partial charge in [0.15, 0.2) is 5.82 Å². The van der Waals surface area contributed by atoms with Gasteiger partial charge in [-0.05, 0) is 31.8 Å². The maximum atomic E-state index is 11.5. The van der Waals surface area contributed by atoms with Crippen molar-refractivity contribution in [3.8, 4) is 0 Å². The van der Waals surface area contributed by atoms with E-state index in [0.29, 0.717) is 17.8 Å². The van der Waals surface area contributed by atoms with Crippen LogP contribution in [0.2, 0.25) is 0 Å². The Bertz CT molecular complexity index is 422. The first kappa shape index (κ1) is 9.84. The minimum absolute atomic E-state index is 0.126. The van der Waals surface area contributed by atoms with Crippen LogP contribution in [0.15, 0.2) is 17.2 Å². The number of nitrogens with one attached hydrogen (secondary N) is 2. The van der Waals surface area contributed by atoms with Crippen molar-refractivity contribution in [1.82, 2.24) is 14.9 Å². The van der Waals surface area contributed by atoms with Crippen molar-refractivity contribution < 1.29 is 0 Å². The summed E-state index contributed by atoms with van der Waals surface area (Å²) in [4.78, 5) is 20.7. The standard InChI is InChI=1S/C11H16N4O/c16-11-10(12-3-4-13-11)14-9-7-15-5-1-8(9)2-6-15/h3-4,8-9H,1-2,5-7H2,(H,12,14)(H,13,16). The lowest BCUT2D eigenvalue weighted by atomic mass is 9.84. The molecule has 2 N–H and O–H groups in total. The van der Waals surface area contributed by atoms with Crippen LogP contribution >= 0.6 is 0 Å². The fourth-order valence-corrected chi connectivity index (χ4v) is 2.76.